The lowest BCUT2D eigenvalue weighted by molar-refractivity contribution is -0.166. The minimum absolute atomic E-state index is 0.108. The van der Waals surface area contributed by atoms with E-state index in [2.05, 4.69) is 0 Å². The number of alkyl halides is 3. The molecule has 1 saturated carbocycles. The monoisotopic (exact) mass is 238 g/mol. The van der Waals surface area contributed by atoms with Crippen molar-refractivity contribution in [1.82, 2.24) is 4.90 Å². The highest BCUT2D eigenvalue weighted by molar-refractivity contribution is 5.87. The third kappa shape index (κ3) is 3.10. The van der Waals surface area contributed by atoms with Gasteiger partial charge in [0, 0.05) is 6.54 Å². The summed E-state index contributed by atoms with van der Waals surface area (Å²) in [7, 11) is 0. The van der Waals surface area contributed by atoms with Gasteiger partial charge in [0.1, 0.15) is 6.54 Å². The summed E-state index contributed by atoms with van der Waals surface area (Å²) < 4.78 is 36.8. The topological polar surface area (TPSA) is 46.3 Å². The fourth-order valence-corrected chi connectivity index (χ4v) is 1.83. The fourth-order valence-electron chi connectivity index (χ4n) is 1.83. The second kappa shape index (κ2) is 4.61. The van der Waals surface area contributed by atoms with Crippen molar-refractivity contribution in [3.8, 4) is 0 Å². The van der Waals surface area contributed by atoms with Crippen LogP contribution in [-0.2, 0) is 4.79 Å². The Labute approximate surface area is 92.8 Å². The largest absolute Gasteiger partial charge is 0.406 e. The third-order valence-corrected chi connectivity index (χ3v) is 2.82. The van der Waals surface area contributed by atoms with E-state index in [1.165, 1.54) is 0 Å². The molecule has 0 heterocycles. The van der Waals surface area contributed by atoms with Crippen LogP contribution in [0.5, 0.6) is 0 Å². The van der Waals surface area contributed by atoms with Crippen LogP contribution in [0.2, 0.25) is 0 Å². The first-order valence-electron chi connectivity index (χ1n) is 5.43. The van der Waals surface area contributed by atoms with Gasteiger partial charge in [-0.3, -0.25) is 4.79 Å². The van der Waals surface area contributed by atoms with Gasteiger partial charge in [0.05, 0.1) is 5.54 Å². The van der Waals surface area contributed by atoms with E-state index in [-0.39, 0.29) is 6.54 Å². The molecule has 1 aliphatic carbocycles. The Morgan fingerprint density at radius 3 is 2.31 bits per heavy atom. The van der Waals surface area contributed by atoms with Gasteiger partial charge in [-0.2, -0.15) is 13.2 Å². The highest BCUT2D eigenvalue weighted by Crippen LogP contribution is 2.32. The first-order chi connectivity index (χ1) is 7.28. The lowest BCUT2D eigenvalue weighted by atomic mass is 9.76. The maximum atomic E-state index is 12.3. The summed E-state index contributed by atoms with van der Waals surface area (Å²) in [6.07, 6.45) is -2.06. The molecule has 0 spiro atoms. The summed E-state index contributed by atoms with van der Waals surface area (Å²) in [5, 5.41) is 0. The standard InChI is InChI=1S/C10H17F3N2O/c1-2-6-15(7-10(11,12)13)8(16)9(14)4-3-5-9/h2-7,14H2,1H3. The summed E-state index contributed by atoms with van der Waals surface area (Å²) >= 11 is 0. The lowest BCUT2D eigenvalue weighted by Crippen LogP contribution is -2.60. The number of rotatable bonds is 4. The molecule has 3 nitrogen and oxygen atoms in total. The second-order valence-electron chi connectivity index (χ2n) is 4.35. The van der Waals surface area contributed by atoms with Crippen molar-refractivity contribution in [3.63, 3.8) is 0 Å². The van der Waals surface area contributed by atoms with Gasteiger partial charge in [0.2, 0.25) is 5.91 Å². The molecule has 0 radical (unpaired) electrons. The molecule has 16 heavy (non-hydrogen) atoms. The van der Waals surface area contributed by atoms with E-state index in [4.69, 9.17) is 5.73 Å². The van der Waals surface area contributed by atoms with Crippen molar-refractivity contribution in [2.24, 2.45) is 5.73 Å². The quantitative estimate of drug-likeness (QED) is 0.809. The van der Waals surface area contributed by atoms with Gasteiger partial charge in [0.15, 0.2) is 0 Å². The number of amides is 1. The van der Waals surface area contributed by atoms with E-state index in [0.29, 0.717) is 19.3 Å². The van der Waals surface area contributed by atoms with E-state index in [1.54, 1.807) is 6.92 Å². The summed E-state index contributed by atoms with van der Waals surface area (Å²) in [6, 6.07) is 0. The minimum atomic E-state index is -4.36. The number of carbonyl (C=O) groups excluding carboxylic acids is 1. The van der Waals surface area contributed by atoms with E-state index >= 15 is 0 Å². The number of nitrogens with zero attached hydrogens (tertiary/aromatic N) is 1. The van der Waals surface area contributed by atoms with Crippen molar-refractivity contribution in [3.05, 3.63) is 0 Å². The summed E-state index contributed by atoms with van der Waals surface area (Å²) in [6.45, 7) is 0.649. The molecular weight excluding hydrogens is 221 g/mol. The van der Waals surface area contributed by atoms with Crippen LogP contribution in [0.25, 0.3) is 0 Å². The number of hydrogen-bond donors (Lipinski definition) is 1. The van der Waals surface area contributed by atoms with Crippen LogP contribution in [0, 0.1) is 0 Å². The van der Waals surface area contributed by atoms with E-state index in [9.17, 15) is 18.0 Å². The lowest BCUT2D eigenvalue weighted by Gasteiger charge is -2.40. The summed E-state index contributed by atoms with van der Waals surface area (Å²) in [4.78, 5) is 12.6. The van der Waals surface area contributed by atoms with Crippen molar-refractivity contribution in [2.45, 2.75) is 44.3 Å². The van der Waals surface area contributed by atoms with Crippen LogP contribution in [0.3, 0.4) is 0 Å². The molecular formula is C10H17F3N2O. The second-order valence-corrected chi connectivity index (χ2v) is 4.35. The smallest absolute Gasteiger partial charge is 0.332 e. The fraction of sp³-hybridized carbons (Fsp3) is 0.900. The Morgan fingerprint density at radius 2 is 2.00 bits per heavy atom. The predicted octanol–water partition coefficient (Wildman–Crippen LogP) is 1.67. The predicted molar refractivity (Wildman–Crippen MR) is 53.7 cm³/mol. The van der Waals surface area contributed by atoms with E-state index in [0.717, 1.165) is 11.3 Å². The molecule has 0 bridgehead atoms. The Balaban J connectivity index is 2.65. The zero-order valence-corrected chi connectivity index (χ0v) is 9.31. The van der Waals surface area contributed by atoms with Crippen molar-refractivity contribution in [1.29, 1.82) is 0 Å². The number of nitrogens with two attached hydrogens (primary N) is 1. The molecule has 0 atom stereocenters. The van der Waals surface area contributed by atoms with Crippen LogP contribution in [0.15, 0.2) is 0 Å². The average Bonchev–Trinajstić information content (AvgIpc) is 2.10. The number of hydrogen-bond acceptors (Lipinski definition) is 2. The Bertz CT molecular complexity index is 261. The molecule has 1 rings (SSSR count). The SMILES string of the molecule is CCCN(CC(F)(F)F)C(=O)C1(N)CCC1. The third-order valence-electron chi connectivity index (χ3n) is 2.82. The van der Waals surface area contributed by atoms with Crippen LogP contribution in [-0.4, -0.2) is 35.6 Å². The van der Waals surface area contributed by atoms with Crippen molar-refractivity contribution >= 4 is 5.91 Å². The molecule has 0 unspecified atom stereocenters. The van der Waals surface area contributed by atoms with Crippen molar-refractivity contribution in [2.75, 3.05) is 13.1 Å². The highest BCUT2D eigenvalue weighted by atomic mass is 19.4. The molecule has 1 amide bonds. The van der Waals surface area contributed by atoms with Gasteiger partial charge >= 0.3 is 6.18 Å². The first kappa shape index (κ1) is 13.3. The van der Waals surface area contributed by atoms with Gasteiger partial charge in [0.25, 0.3) is 0 Å². The van der Waals surface area contributed by atoms with Gasteiger partial charge in [-0.05, 0) is 25.7 Å². The minimum Gasteiger partial charge on any atom is -0.332 e. The van der Waals surface area contributed by atoms with E-state index < -0.39 is 24.2 Å². The van der Waals surface area contributed by atoms with Crippen LogP contribution in [0.4, 0.5) is 13.2 Å². The molecule has 0 aromatic carbocycles. The molecule has 0 aliphatic heterocycles. The summed E-state index contributed by atoms with van der Waals surface area (Å²) in [5.41, 5.74) is 4.70. The van der Waals surface area contributed by atoms with Crippen molar-refractivity contribution < 1.29 is 18.0 Å². The highest BCUT2D eigenvalue weighted by Gasteiger charge is 2.44. The zero-order valence-electron chi connectivity index (χ0n) is 9.31. The zero-order chi connectivity index (χ0) is 12.4. The molecule has 94 valence electrons. The molecule has 0 saturated heterocycles. The molecule has 0 aromatic rings. The Morgan fingerprint density at radius 1 is 1.44 bits per heavy atom. The van der Waals surface area contributed by atoms with Crippen LogP contribution < -0.4 is 5.73 Å². The molecule has 1 fully saturated rings. The maximum absolute atomic E-state index is 12.3. The molecule has 6 heteroatoms. The van der Waals surface area contributed by atoms with Crippen LogP contribution >= 0.6 is 0 Å². The van der Waals surface area contributed by atoms with Gasteiger partial charge in [-0.25, -0.2) is 0 Å². The average molecular weight is 238 g/mol. The van der Waals surface area contributed by atoms with Gasteiger partial charge in [-0.1, -0.05) is 6.92 Å². The van der Waals surface area contributed by atoms with E-state index in [1.807, 2.05) is 0 Å². The molecule has 1 aliphatic rings. The van der Waals surface area contributed by atoms with Crippen LogP contribution in [0.1, 0.15) is 32.6 Å². The number of halogens is 3. The summed E-state index contributed by atoms with van der Waals surface area (Å²) in [5.74, 6) is -0.557. The van der Waals surface area contributed by atoms with Gasteiger partial charge < -0.3 is 10.6 Å². The normalized spacial score (nSPS) is 19.1. The van der Waals surface area contributed by atoms with Gasteiger partial charge in [-0.15, -0.1) is 0 Å². The maximum Gasteiger partial charge on any atom is 0.406 e. The number of carbonyl (C=O) groups is 1. The molecule has 2 N–H and O–H groups in total. The first-order valence-corrected chi connectivity index (χ1v) is 5.43. The Hall–Kier alpha value is -0.780. The molecule has 0 aromatic heterocycles. The Kier molecular flexibility index (Phi) is 3.83.